The first kappa shape index (κ1) is 35.3. The normalized spacial score (nSPS) is 21.3. The van der Waals surface area contributed by atoms with Gasteiger partial charge in [-0.15, -0.1) is 0 Å². The van der Waals surface area contributed by atoms with Crippen molar-refractivity contribution in [2.45, 2.75) is 63.1 Å². The topological polar surface area (TPSA) is 130 Å². The molecule has 0 bridgehead atoms. The van der Waals surface area contributed by atoms with Gasteiger partial charge in [-0.05, 0) is 45.9 Å². The zero-order valence-electron chi connectivity index (χ0n) is 28.2. The van der Waals surface area contributed by atoms with E-state index >= 15 is 0 Å². The van der Waals surface area contributed by atoms with Crippen LogP contribution in [-0.4, -0.2) is 72.1 Å². The molecule has 0 spiro atoms. The Labute approximate surface area is 293 Å². The summed E-state index contributed by atoms with van der Waals surface area (Å²) in [5, 5.41) is 25.2. The maximum absolute atomic E-state index is 12.8. The number of esters is 1. The lowest BCUT2D eigenvalue weighted by Crippen LogP contribution is -2.47. The molecule has 4 N–H and O–H groups in total. The van der Waals surface area contributed by atoms with E-state index in [1.54, 1.807) is 0 Å². The quantitative estimate of drug-likeness (QED) is 0.153. The molecule has 0 aliphatic carbocycles. The number of hydrogen-bond acceptors (Lipinski definition) is 8. The van der Waals surface area contributed by atoms with Crippen molar-refractivity contribution < 1.29 is 34.0 Å². The third-order valence-corrected chi connectivity index (χ3v) is 9.29. The lowest BCUT2D eigenvalue weighted by atomic mass is 9.99. The average Bonchev–Trinajstić information content (AvgIpc) is 3.57. The highest BCUT2D eigenvalue weighted by atomic mass is 16.7. The number of amides is 2. The van der Waals surface area contributed by atoms with Crippen molar-refractivity contribution in [3.8, 4) is 11.1 Å². The molecule has 2 saturated heterocycles. The van der Waals surface area contributed by atoms with Crippen LogP contribution in [0.1, 0.15) is 53.1 Å². The van der Waals surface area contributed by atoms with Gasteiger partial charge in [0.2, 0.25) is 0 Å². The van der Waals surface area contributed by atoms with Gasteiger partial charge in [-0.2, -0.15) is 0 Å². The van der Waals surface area contributed by atoms with Gasteiger partial charge in [-0.3, -0.25) is 4.90 Å². The zero-order valence-corrected chi connectivity index (χ0v) is 28.2. The van der Waals surface area contributed by atoms with Crippen LogP contribution in [0, 0.1) is 0 Å². The second-order valence-corrected chi connectivity index (χ2v) is 13.0. The van der Waals surface area contributed by atoms with Gasteiger partial charge < -0.3 is 35.1 Å². The highest BCUT2D eigenvalue weighted by molar-refractivity contribution is 5.83. The van der Waals surface area contributed by atoms with Gasteiger partial charge in [0.1, 0.15) is 6.04 Å². The van der Waals surface area contributed by atoms with E-state index in [2.05, 4.69) is 15.5 Å². The molecule has 0 saturated carbocycles. The molecule has 4 aromatic carbocycles. The Balaban J connectivity index is 1.10. The van der Waals surface area contributed by atoms with E-state index in [-0.39, 0.29) is 31.5 Å². The van der Waals surface area contributed by atoms with Gasteiger partial charge in [-0.1, -0.05) is 97.1 Å². The first-order chi connectivity index (χ1) is 24.4. The molecule has 10 nitrogen and oxygen atoms in total. The van der Waals surface area contributed by atoms with Gasteiger partial charge in [0.25, 0.3) is 0 Å². The van der Waals surface area contributed by atoms with Crippen LogP contribution in [0.2, 0.25) is 0 Å². The van der Waals surface area contributed by atoms with Gasteiger partial charge >= 0.3 is 12.0 Å². The van der Waals surface area contributed by atoms with Crippen molar-refractivity contribution in [2.24, 2.45) is 0 Å². The molecule has 10 heteroatoms. The van der Waals surface area contributed by atoms with Crippen LogP contribution >= 0.6 is 0 Å². The Hall–Kier alpha value is -4.58. The van der Waals surface area contributed by atoms with E-state index in [1.807, 2.05) is 103 Å². The number of nitrogens with zero attached hydrogens (tertiary/aromatic N) is 1. The number of carbonyl (C=O) groups is 2. The second kappa shape index (κ2) is 16.9. The average molecular weight is 680 g/mol. The minimum absolute atomic E-state index is 0.00872. The summed E-state index contributed by atoms with van der Waals surface area (Å²) in [6, 6.07) is 32.1. The number of aliphatic hydroxyl groups excluding tert-OH is 2. The molecule has 2 aliphatic rings. The van der Waals surface area contributed by atoms with Gasteiger partial charge in [-0.25, -0.2) is 9.59 Å². The summed E-state index contributed by atoms with van der Waals surface area (Å²) in [5.41, 5.74) is 6.61. The molecular formula is C40H45N3O7. The van der Waals surface area contributed by atoms with E-state index in [9.17, 15) is 19.8 Å². The SMILES string of the molecule is COC(=O)[C@H](Cc1ccccc1)NC(=O)NCc1cccc(-c2ccc([C@H]3O[C@@H](CN4CC[C@H](O)C4)C[C@@H](c4ccc(CO)cc4)O3)cc2)c1. The number of carbonyl (C=O) groups excluding carboxylic acids is 2. The fourth-order valence-corrected chi connectivity index (χ4v) is 6.57. The highest BCUT2D eigenvalue weighted by Crippen LogP contribution is 2.39. The summed E-state index contributed by atoms with van der Waals surface area (Å²) in [6.07, 6.45) is 0.665. The number of β-amino-alcohol motifs (C(OH)–C–C–N with tert-alkyl or cyclic N) is 1. The Bertz CT molecular complexity index is 1700. The molecule has 50 heavy (non-hydrogen) atoms. The Morgan fingerprint density at radius 1 is 0.880 bits per heavy atom. The Kier molecular flexibility index (Phi) is 11.9. The number of aliphatic hydroxyl groups is 2. The van der Waals surface area contributed by atoms with Crippen molar-refractivity contribution >= 4 is 12.0 Å². The first-order valence-corrected chi connectivity index (χ1v) is 17.1. The maximum Gasteiger partial charge on any atom is 0.328 e. The van der Waals surface area contributed by atoms with E-state index in [1.165, 1.54) is 7.11 Å². The fourth-order valence-electron chi connectivity index (χ4n) is 6.57. The van der Waals surface area contributed by atoms with Crippen molar-refractivity contribution in [1.82, 2.24) is 15.5 Å². The number of ether oxygens (including phenoxy) is 3. The molecule has 0 unspecified atom stereocenters. The molecule has 0 radical (unpaired) electrons. The number of methoxy groups -OCH3 is 1. The number of likely N-dealkylation sites (tertiary alicyclic amines) is 1. The third-order valence-electron chi connectivity index (χ3n) is 9.29. The van der Waals surface area contributed by atoms with E-state index < -0.39 is 24.3 Å². The number of benzene rings is 4. The molecule has 6 rings (SSSR count). The van der Waals surface area contributed by atoms with Crippen LogP contribution in [0.25, 0.3) is 11.1 Å². The summed E-state index contributed by atoms with van der Waals surface area (Å²) in [7, 11) is 1.31. The van der Waals surface area contributed by atoms with Crippen molar-refractivity contribution in [3.63, 3.8) is 0 Å². The van der Waals surface area contributed by atoms with Gasteiger partial charge in [0.15, 0.2) is 6.29 Å². The number of rotatable bonds is 12. The molecule has 2 amide bonds. The molecule has 2 fully saturated rings. The van der Waals surface area contributed by atoms with Crippen LogP contribution in [0.3, 0.4) is 0 Å². The van der Waals surface area contributed by atoms with Gasteiger partial charge in [0.05, 0.1) is 32.0 Å². The smallest absolute Gasteiger partial charge is 0.328 e. The van der Waals surface area contributed by atoms with Crippen LogP contribution < -0.4 is 10.6 Å². The van der Waals surface area contributed by atoms with Crippen LogP contribution in [-0.2, 0) is 38.6 Å². The van der Waals surface area contributed by atoms with E-state index in [4.69, 9.17) is 14.2 Å². The summed E-state index contributed by atoms with van der Waals surface area (Å²) in [5.74, 6) is -0.507. The molecule has 4 aromatic rings. The van der Waals surface area contributed by atoms with Gasteiger partial charge in [0, 0.05) is 44.6 Å². The Morgan fingerprint density at radius 2 is 1.62 bits per heavy atom. The number of hydrogen-bond donors (Lipinski definition) is 4. The van der Waals surface area contributed by atoms with Crippen LogP contribution in [0.15, 0.2) is 103 Å². The van der Waals surface area contributed by atoms with Crippen LogP contribution in [0.5, 0.6) is 0 Å². The van der Waals surface area contributed by atoms with Crippen molar-refractivity contribution in [3.05, 3.63) is 131 Å². The van der Waals surface area contributed by atoms with E-state index in [0.29, 0.717) is 19.4 Å². The fraction of sp³-hybridized carbons (Fsp3) is 0.350. The molecule has 2 aliphatic heterocycles. The predicted octanol–water partition coefficient (Wildman–Crippen LogP) is 5.04. The number of nitrogens with one attached hydrogen (secondary N) is 2. The lowest BCUT2D eigenvalue weighted by Gasteiger charge is -2.37. The summed E-state index contributed by atoms with van der Waals surface area (Å²) >= 11 is 0. The minimum atomic E-state index is -0.810. The third kappa shape index (κ3) is 9.35. The summed E-state index contributed by atoms with van der Waals surface area (Å²) < 4.78 is 17.9. The molecule has 2 heterocycles. The van der Waals surface area contributed by atoms with E-state index in [0.717, 1.165) is 58.5 Å². The summed E-state index contributed by atoms with van der Waals surface area (Å²) in [6.45, 7) is 2.48. The van der Waals surface area contributed by atoms with Crippen molar-refractivity contribution in [2.75, 3.05) is 26.7 Å². The monoisotopic (exact) mass is 679 g/mol. The number of urea groups is 1. The zero-order chi connectivity index (χ0) is 34.9. The minimum Gasteiger partial charge on any atom is -0.467 e. The van der Waals surface area contributed by atoms with Crippen molar-refractivity contribution in [1.29, 1.82) is 0 Å². The molecule has 262 valence electrons. The molecule has 0 aromatic heterocycles. The highest BCUT2D eigenvalue weighted by Gasteiger charge is 2.34. The first-order valence-electron chi connectivity index (χ1n) is 17.1. The largest absolute Gasteiger partial charge is 0.467 e. The van der Waals surface area contributed by atoms with Crippen LogP contribution in [0.4, 0.5) is 4.79 Å². The lowest BCUT2D eigenvalue weighted by molar-refractivity contribution is -0.252. The summed E-state index contributed by atoms with van der Waals surface area (Å²) in [4.78, 5) is 27.4. The second-order valence-electron chi connectivity index (χ2n) is 13.0. The Morgan fingerprint density at radius 3 is 2.32 bits per heavy atom. The predicted molar refractivity (Wildman–Crippen MR) is 189 cm³/mol. The standard InChI is InChI=1S/C40H45N3O7/c1-48-38(46)36(21-27-6-3-2-4-7-27)42-40(47)41-23-29-8-5-9-33(20-29)30-14-16-32(17-15-30)39-49-35(25-43-19-18-34(45)24-43)22-37(50-39)31-12-10-28(26-44)11-13-31/h2-17,20,34-37,39,44-45H,18-19,21-26H2,1H3,(H2,41,42,47)/t34-,35+,36-,37-,39-/m0/s1. The molecule has 5 atom stereocenters. The molecular weight excluding hydrogens is 634 g/mol. The maximum atomic E-state index is 12.8.